The molecule has 0 aromatic carbocycles. The van der Waals surface area contributed by atoms with Crippen LogP contribution in [0.4, 0.5) is 5.82 Å². The molecule has 3 N–H and O–H groups in total. The van der Waals surface area contributed by atoms with Crippen LogP contribution in [0.25, 0.3) is 0 Å². The highest BCUT2D eigenvalue weighted by Gasteiger charge is 2.24. The molecule has 0 aliphatic rings. The van der Waals surface area contributed by atoms with E-state index in [1.54, 1.807) is 6.92 Å². The lowest BCUT2D eigenvalue weighted by Crippen LogP contribution is -1.99. The Balaban J connectivity index is 2.84. The molecular weight excluding hydrogens is 210 g/mol. The molecule has 0 bridgehead atoms. The molecule has 1 aromatic rings. The lowest BCUT2D eigenvalue weighted by molar-refractivity contribution is -0.733. The van der Waals surface area contributed by atoms with Gasteiger partial charge in [-0.1, -0.05) is 11.8 Å². The van der Waals surface area contributed by atoms with E-state index in [4.69, 9.17) is 10.3 Å². The Morgan fingerprint density at radius 1 is 1.71 bits per heavy atom. The van der Waals surface area contributed by atoms with Crippen LogP contribution in [0.2, 0.25) is 0 Å². The molecule has 8 heteroatoms. The van der Waals surface area contributed by atoms with E-state index in [2.05, 4.69) is 9.97 Å². The van der Waals surface area contributed by atoms with Gasteiger partial charge in [0.2, 0.25) is 5.82 Å². The summed E-state index contributed by atoms with van der Waals surface area (Å²) < 4.78 is 0. The SMILES string of the molecule is Cc1nc([N+](=O)O)c(SCC(=O)O)[nH]1. The second kappa shape index (κ2) is 4.09. The predicted molar refractivity (Wildman–Crippen MR) is 46.8 cm³/mol. The fourth-order valence-corrected chi connectivity index (χ4v) is 1.56. The first-order valence-electron chi connectivity index (χ1n) is 3.58. The van der Waals surface area contributed by atoms with Crippen LogP contribution >= 0.6 is 11.8 Å². The smallest absolute Gasteiger partial charge is 0.440 e. The molecular formula is C6H8N3O4S+. The summed E-state index contributed by atoms with van der Waals surface area (Å²) in [5.41, 5.74) is 0. The van der Waals surface area contributed by atoms with Crippen molar-refractivity contribution in [2.45, 2.75) is 11.9 Å². The van der Waals surface area contributed by atoms with Gasteiger partial charge in [0.05, 0.1) is 5.75 Å². The fraction of sp³-hybridized carbons (Fsp3) is 0.333. The standard InChI is InChI=1S/C6H7N3O4S/c1-3-7-5(9(12)13)6(8-3)14-2-4(10)11/h2H2,1H3,(H2-,7,8,10,11,12,13)/p+1. The van der Waals surface area contributed by atoms with E-state index >= 15 is 0 Å². The predicted octanol–water partition coefficient (Wildman–Crippen LogP) is 0.694. The monoisotopic (exact) mass is 218 g/mol. The van der Waals surface area contributed by atoms with E-state index in [0.717, 1.165) is 11.8 Å². The first kappa shape index (κ1) is 10.5. The van der Waals surface area contributed by atoms with E-state index in [9.17, 15) is 9.70 Å². The molecule has 0 saturated heterocycles. The Morgan fingerprint density at radius 2 is 2.36 bits per heavy atom. The van der Waals surface area contributed by atoms with Gasteiger partial charge in [0, 0.05) is 6.92 Å². The molecule has 0 aliphatic heterocycles. The number of carbonyl (C=O) groups is 1. The maximum absolute atomic E-state index is 10.6. The van der Waals surface area contributed by atoms with Crippen molar-refractivity contribution in [3.05, 3.63) is 10.7 Å². The highest BCUT2D eigenvalue weighted by atomic mass is 32.2. The van der Waals surface area contributed by atoms with Crippen LogP contribution < -0.4 is 0 Å². The maximum Gasteiger partial charge on any atom is 0.440 e. The molecule has 0 atom stereocenters. The largest absolute Gasteiger partial charge is 0.481 e. The van der Waals surface area contributed by atoms with Gasteiger partial charge in [0.15, 0.2) is 9.95 Å². The Morgan fingerprint density at radius 3 is 2.86 bits per heavy atom. The summed E-state index contributed by atoms with van der Waals surface area (Å²) in [4.78, 5) is 26.8. The number of aliphatic carboxylic acids is 1. The Bertz CT molecular complexity index is 375. The van der Waals surface area contributed by atoms with Gasteiger partial charge in [-0.3, -0.25) is 4.79 Å². The minimum atomic E-state index is -1.01. The molecule has 0 unspecified atom stereocenters. The van der Waals surface area contributed by atoms with Gasteiger partial charge in [-0.2, -0.15) is 0 Å². The van der Waals surface area contributed by atoms with Crippen molar-refractivity contribution in [3.8, 4) is 0 Å². The van der Waals surface area contributed by atoms with E-state index in [1.807, 2.05) is 0 Å². The Kier molecular flexibility index (Phi) is 3.07. The van der Waals surface area contributed by atoms with Crippen LogP contribution in [0, 0.1) is 11.8 Å². The van der Waals surface area contributed by atoms with Crippen molar-refractivity contribution in [2.24, 2.45) is 0 Å². The third-order valence-corrected chi connectivity index (χ3v) is 2.26. The topological polar surface area (TPSA) is 106 Å². The zero-order chi connectivity index (χ0) is 10.7. The lowest BCUT2D eigenvalue weighted by Gasteiger charge is -1.90. The van der Waals surface area contributed by atoms with Crippen molar-refractivity contribution < 1.29 is 20.0 Å². The minimum Gasteiger partial charge on any atom is -0.481 e. The second-order valence-electron chi connectivity index (χ2n) is 2.43. The molecule has 14 heavy (non-hydrogen) atoms. The van der Waals surface area contributed by atoms with Crippen LogP contribution in [0.3, 0.4) is 0 Å². The van der Waals surface area contributed by atoms with Crippen molar-refractivity contribution in [3.63, 3.8) is 0 Å². The summed E-state index contributed by atoms with van der Waals surface area (Å²) >= 11 is 0.885. The summed E-state index contributed by atoms with van der Waals surface area (Å²) in [6.45, 7) is 1.60. The van der Waals surface area contributed by atoms with Gasteiger partial charge in [0.25, 0.3) is 0 Å². The number of aromatic amines is 1. The molecule has 0 aliphatic carbocycles. The van der Waals surface area contributed by atoms with Crippen molar-refractivity contribution in [1.82, 2.24) is 9.97 Å². The van der Waals surface area contributed by atoms with E-state index in [1.165, 1.54) is 0 Å². The number of nitrogens with one attached hydrogen (secondary N) is 1. The fourth-order valence-electron chi connectivity index (χ4n) is 0.822. The van der Waals surface area contributed by atoms with Crippen LogP contribution in [-0.4, -0.2) is 36.9 Å². The molecule has 1 aromatic heterocycles. The number of carboxylic acids is 1. The van der Waals surface area contributed by atoms with Gasteiger partial charge >= 0.3 is 11.8 Å². The van der Waals surface area contributed by atoms with Crippen LogP contribution in [0.5, 0.6) is 0 Å². The number of hydrogen-bond acceptors (Lipinski definition) is 4. The molecule has 1 heterocycles. The average Bonchev–Trinajstić information content (AvgIpc) is 2.43. The molecule has 7 nitrogen and oxygen atoms in total. The number of rotatable bonds is 4. The number of carboxylic acid groups (broad SMARTS) is 1. The number of hydrogen-bond donors (Lipinski definition) is 3. The van der Waals surface area contributed by atoms with E-state index < -0.39 is 10.9 Å². The average molecular weight is 218 g/mol. The molecule has 1 rings (SSSR count). The highest BCUT2D eigenvalue weighted by molar-refractivity contribution is 8.00. The third kappa shape index (κ3) is 2.46. The number of imidazole rings is 1. The quantitative estimate of drug-likeness (QED) is 0.507. The van der Waals surface area contributed by atoms with Gasteiger partial charge < -0.3 is 15.3 Å². The molecule has 0 amide bonds. The number of aryl methyl sites for hydroxylation is 1. The number of aromatic nitrogens is 2. The maximum atomic E-state index is 10.6. The summed E-state index contributed by atoms with van der Waals surface area (Å²) in [7, 11) is 0. The summed E-state index contributed by atoms with van der Waals surface area (Å²) in [6, 6.07) is 0. The van der Waals surface area contributed by atoms with Crippen LogP contribution in [-0.2, 0) is 4.79 Å². The Hall–Kier alpha value is -1.57. The van der Waals surface area contributed by atoms with Crippen LogP contribution in [0.1, 0.15) is 5.82 Å². The van der Waals surface area contributed by atoms with Gasteiger partial charge in [-0.15, -0.1) is 0 Å². The van der Waals surface area contributed by atoms with Crippen molar-refractivity contribution in [1.29, 1.82) is 0 Å². The Labute approximate surface area is 82.7 Å². The van der Waals surface area contributed by atoms with Crippen LogP contribution in [0.15, 0.2) is 5.03 Å². The van der Waals surface area contributed by atoms with Gasteiger partial charge in [-0.05, 0) is 9.89 Å². The van der Waals surface area contributed by atoms with Crippen molar-refractivity contribution in [2.75, 3.05) is 5.75 Å². The van der Waals surface area contributed by atoms with Crippen molar-refractivity contribution >= 4 is 23.5 Å². The molecule has 76 valence electrons. The normalized spacial score (nSPS) is 10.1. The summed E-state index contributed by atoms with van der Waals surface area (Å²) in [6.07, 6.45) is 0. The summed E-state index contributed by atoms with van der Waals surface area (Å²) in [5, 5.41) is 17.3. The first-order chi connectivity index (χ1) is 6.50. The zero-order valence-corrected chi connectivity index (χ0v) is 8.04. The highest BCUT2D eigenvalue weighted by Crippen LogP contribution is 2.25. The summed E-state index contributed by atoms with van der Waals surface area (Å²) in [5.74, 6) is -0.997. The van der Waals surface area contributed by atoms with E-state index in [-0.39, 0.29) is 16.6 Å². The third-order valence-electron chi connectivity index (χ3n) is 1.29. The minimum absolute atomic E-state index is 0.206. The molecule has 0 radical (unpaired) electrons. The first-order valence-corrected chi connectivity index (χ1v) is 4.56. The second-order valence-corrected chi connectivity index (χ2v) is 3.42. The van der Waals surface area contributed by atoms with E-state index in [0.29, 0.717) is 5.82 Å². The lowest BCUT2D eigenvalue weighted by atomic mass is 10.7. The van der Waals surface area contributed by atoms with Gasteiger partial charge in [-0.25, -0.2) is 0 Å². The zero-order valence-electron chi connectivity index (χ0n) is 7.22. The molecule has 0 fully saturated rings. The number of H-pyrrole nitrogens is 1. The number of nitrogens with zero attached hydrogens (tertiary/aromatic N) is 2. The number of thioether (sulfide) groups is 1. The molecule has 0 spiro atoms. The molecule has 0 saturated carbocycles. The van der Waals surface area contributed by atoms with Gasteiger partial charge in [0.1, 0.15) is 0 Å².